The second-order valence-corrected chi connectivity index (χ2v) is 9.76. The van der Waals surface area contributed by atoms with Crippen molar-refractivity contribution in [3.8, 4) is 0 Å². The molecule has 0 saturated carbocycles. The first-order valence-electron chi connectivity index (χ1n) is 7.95. The molecule has 0 fully saturated rings. The fourth-order valence-corrected chi connectivity index (χ4v) is 4.67. The Morgan fingerprint density at radius 1 is 1.32 bits per heavy atom. The van der Waals surface area contributed by atoms with Crippen molar-refractivity contribution in [3.63, 3.8) is 0 Å². The molecule has 3 rings (SSSR count). The van der Waals surface area contributed by atoms with Crippen LogP contribution < -0.4 is 5.56 Å². The molecule has 0 aliphatic heterocycles. The van der Waals surface area contributed by atoms with Crippen LogP contribution in [0.1, 0.15) is 51.6 Å². The van der Waals surface area contributed by atoms with Crippen LogP contribution in [-0.4, -0.2) is 28.6 Å². The van der Waals surface area contributed by atoms with Gasteiger partial charge in [-0.2, -0.15) is 0 Å². The van der Waals surface area contributed by atoms with Crippen LogP contribution >= 0.6 is 27.3 Å². The van der Waals surface area contributed by atoms with Gasteiger partial charge < -0.3 is 9.88 Å². The first-order chi connectivity index (χ1) is 11.7. The lowest BCUT2D eigenvalue weighted by Crippen LogP contribution is -2.35. The summed E-state index contributed by atoms with van der Waals surface area (Å²) in [5, 5.41) is 0. The van der Waals surface area contributed by atoms with Gasteiger partial charge in [0.2, 0.25) is 0 Å². The van der Waals surface area contributed by atoms with Crippen molar-refractivity contribution in [2.75, 3.05) is 7.05 Å². The molecule has 132 valence electrons. The van der Waals surface area contributed by atoms with Gasteiger partial charge in [-0.25, -0.2) is 0 Å². The quantitative estimate of drug-likeness (QED) is 0.820. The molecule has 1 aliphatic rings. The standard InChI is InChI=1S/C18H19BrN2O3S/c1-18(2)7-13-11(14(22)8-18)6-12(16(23)20-13)17(24)21(3)9-10-4-5-15(19)25-10/h4-6H,7-9H2,1-3H3,(H,20,23). The molecule has 0 saturated heterocycles. The fourth-order valence-electron chi connectivity index (χ4n) is 3.13. The lowest BCUT2D eigenvalue weighted by atomic mass is 9.75. The van der Waals surface area contributed by atoms with Crippen molar-refractivity contribution < 1.29 is 9.59 Å². The number of carbonyl (C=O) groups is 2. The number of aromatic amines is 1. The lowest BCUT2D eigenvalue weighted by molar-refractivity contribution is 0.0784. The number of aromatic nitrogens is 1. The molecule has 0 radical (unpaired) electrons. The summed E-state index contributed by atoms with van der Waals surface area (Å²) < 4.78 is 0.989. The summed E-state index contributed by atoms with van der Waals surface area (Å²) in [7, 11) is 1.65. The Kier molecular flexibility index (Phi) is 4.72. The van der Waals surface area contributed by atoms with Crippen molar-refractivity contribution in [3.05, 3.63) is 54.0 Å². The smallest absolute Gasteiger partial charge is 0.261 e. The van der Waals surface area contributed by atoms with E-state index in [1.54, 1.807) is 7.05 Å². The Bertz CT molecular complexity index is 913. The molecule has 0 atom stereocenters. The predicted molar refractivity (Wildman–Crippen MR) is 101 cm³/mol. The Balaban J connectivity index is 1.90. The highest BCUT2D eigenvalue weighted by molar-refractivity contribution is 9.11. The number of hydrogen-bond donors (Lipinski definition) is 1. The summed E-state index contributed by atoms with van der Waals surface area (Å²) in [5.41, 5.74) is 0.502. The van der Waals surface area contributed by atoms with Crippen molar-refractivity contribution in [2.24, 2.45) is 5.41 Å². The van der Waals surface area contributed by atoms with Gasteiger partial charge >= 0.3 is 0 Å². The van der Waals surface area contributed by atoms with E-state index >= 15 is 0 Å². The van der Waals surface area contributed by atoms with Gasteiger partial charge in [0.15, 0.2) is 5.78 Å². The van der Waals surface area contributed by atoms with E-state index in [0.29, 0.717) is 30.6 Å². The number of fused-ring (bicyclic) bond motifs is 1. The van der Waals surface area contributed by atoms with Crippen LogP contribution in [0.3, 0.4) is 0 Å². The first kappa shape index (κ1) is 18.1. The van der Waals surface area contributed by atoms with Crippen LogP contribution in [0.15, 0.2) is 26.8 Å². The molecule has 2 heterocycles. The van der Waals surface area contributed by atoms with Crippen LogP contribution in [0.2, 0.25) is 0 Å². The third-order valence-corrected chi connectivity index (χ3v) is 5.93. The zero-order valence-electron chi connectivity index (χ0n) is 14.3. The van der Waals surface area contributed by atoms with Crippen LogP contribution in [-0.2, 0) is 13.0 Å². The van der Waals surface area contributed by atoms with Crippen LogP contribution in [0.25, 0.3) is 0 Å². The van der Waals surface area contributed by atoms with E-state index in [9.17, 15) is 14.4 Å². The molecule has 2 aromatic heterocycles. The second kappa shape index (κ2) is 6.53. The van der Waals surface area contributed by atoms with E-state index in [0.717, 1.165) is 8.66 Å². The van der Waals surface area contributed by atoms with Gasteiger partial charge in [-0.15, -0.1) is 11.3 Å². The van der Waals surface area contributed by atoms with Crippen molar-refractivity contribution in [2.45, 2.75) is 33.2 Å². The average molecular weight is 423 g/mol. The van der Waals surface area contributed by atoms with Gasteiger partial charge in [0.05, 0.1) is 10.3 Å². The van der Waals surface area contributed by atoms with Gasteiger partial charge in [0.25, 0.3) is 11.5 Å². The summed E-state index contributed by atoms with van der Waals surface area (Å²) in [6, 6.07) is 5.32. The molecule has 0 unspecified atom stereocenters. The normalized spacial score (nSPS) is 15.8. The molecule has 0 bridgehead atoms. The Hall–Kier alpha value is -1.73. The minimum atomic E-state index is -0.437. The number of rotatable bonds is 3. The van der Waals surface area contributed by atoms with Crippen LogP contribution in [0.4, 0.5) is 0 Å². The monoisotopic (exact) mass is 422 g/mol. The van der Waals surface area contributed by atoms with E-state index in [1.165, 1.54) is 22.3 Å². The van der Waals surface area contributed by atoms with Gasteiger partial charge in [-0.05, 0) is 46.0 Å². The van der Waals surface area contributed by atoms with Crippen LogP contribution in [0, 0.1) is 5.41 Å². The number of halogens is 1. The van der Waals surface area contributed by atoms with Crippen molar-refractivity contribution in [1.29, 1.82) is 0 Å². The number of carbonyl (C=O) groups excluding carboxylic acids is 2. The lowest BCUT2D eigenvalue weighted by Gasteiger charge is -2.30. The maximum atomic E-state index is 12.7. The number of pyridine rings is 1. The van der Waals surface area contributed by atoms with Crippen molar-refractivity contribution >= 4 is 39.0 Å². The second-order valence-electron chi connectivity index (χ2n) is 7.21. The maximum absolute atomic E-state index is 12.7. The van der Waals surface area contributed by atoms with E-state index in [1.807, 2.05) is 26.0 Å². The summed E-state index contributed by atoms with van der Waals surface area (Å²) in [4.78, 5) is 42.7. The molecule has 0 aromatic carbocycles. The number of nitrogens with one attached hydrogen (secondary N) is 1. The van der Waals surface area contributed by atoms with Gasteiger partial charge in [0, 0.05) is 29.6 Å². The Morgan fingerprint density at radius 3 is 2.68 bits per heavy atom. The third-order valence-electron chi connectivity index (χ3n) is 4.32. The summed E-state index contributed by atoms with van der Waals surface area (Å²) >= 11 is 4.93. The third kappa shape index (κ3) is 3.77. The molecule has 25 heavy (non-hydrogen) atoms. The first-order valence-corrected chi connectivity index (χ1v) is 9.56. The van der Waals surface area contributed by atoms with E-state index in [-0.39, 0.29) is 22.7 Å². The van der Waals surface area contributed by atoms with Crippen LogP contribution in [0.5, 0.6) is 0 Å². The maximum Gasteiger partial charge on any atom is 0.261 e. The van der Waals surface area contributed by atoms with E-state index in [4.69, 9.17) is 0 Å². The zero-order chi connectivity index (χ0) is 18.4. The molecule has 5 nitrogen and oxygen atoms in total. The minimum absolute atomic E-state index is 0.0185. The number of ketones is 1. The summed E-state index contributed by atoms with van der Waals surface area (Å²) in [6.45, 7) is 4.41. The average Bonchev–Trinajstić information content (AvgIpc) is 2.89. The topological polar surface area (TPSA) is 70.2 Å². The fraction of sp³-hybridized carbons (Fsp3) is 0.389. The molecule has 1 N–H and O–H groups in total. The largest absolute Gasteiger partial charge is 0.336 e. The number of amides is 1. The molecule has 0 spiro atoms. The number of hydrogen-bond acceptors (Lipinski definition) is 4. The molecule has 7 heteroatoms. The summed E-state index contributed by atoms with van der Waals surface area (Å²) in [6.07, 6.45) is 1.04. The minimum Gasteiger partial charge on any atom is -0.336 e. The van der Waals surface area contributed by atoms with Gasteiger partial charge in [-0.3, -0.25) is 14.4 Å². The Labute approximate surface area is 158 Å². The number of nitrogens with zero attached hydrogens (tertiary/aromatic N) is 1. The van der Waals surface area contributed by atoms with Gasteiger partial charge in [0.1, 0.15) is 5.56 Å². The molecule has 1 amide bonds. The molecular weight excluding hydrogens is 404 g/mol. The highest BCUT2D eigenvalue weighted by atomic mass is 79.9. The zero-order valence-corrected chi connectivity index (χ0v) is 16.7. The predicted octanol–water partition coefficient (Wildman–Crippen LogP) is 3.63. The molecule has 1 aliphatic carbocycles. The number of H-pyrrole nitrogens is 1. The highest BCUT2D eigenvalue weighted by Gasteiger charge is 2.33. The number of Topliss-reactive ketones (excluding diaryl/α,β-unsaturated/α-hetero) is 1. The highest BCUT2D eigenvalue weighted by Crippen LogP contribution is 2.33. The van der Waals surface area contributed by atoms with Gasteiger partial charge in [-0.1, -0.05) is 13.8 Å². The number of thiophene rings is 1. The molecule has 2 aromatic rings. The van der Waals surface area contributed by atoms with E-state index < -0.39 is 5.56 Å². The molecular formula is C18H19BrN2O3S. The van der Waals surface area contributed by atoms with Crippen molar-refractivity contribution in [1.82, 2.24) is 9.88 Å². The van der Waals surface area contributed by atoms with E-state index in [2.05, 4.69) is 20.9 Å². The summed E-state index contributed by atoms with van der Waals surface area (Å²) in [5.74, 6) is -0.410. The Morgan fingerprint density at radius 2 is 2.04 bits per heavy atom. The SMILES string of the molecule is CN(Cc1ccc(Br)s1)C(=O)c1cc2c([nH]c1=O)CC(C)(C)CC2=O.